The molecule has 1 N–H and O–H groups in total. The number of aryl methyl sites for hydroxylation is 1. The Morgan fingerprint density at radius 3 is 2.47 bits per heavy atom. The molecule has 0 amide bonds. The van der Waals surface area contributed by atoms with E-state index in [9.17, 15) is 23.3 Å². The highest BCUT2D eigenvalue weighted by Crippen LogP contribution is 2.23. The molecule has 1 heterocycles. The first kappa shape index (κ1) is 21.9. The van der Waals surface area contributed by atoms with E-state index in [-0.39, 0.29) is 28.5 Å². The van der Waals surface area contributed by atoms with Gasteiger partial charge in [0.05, 0.1) is 16.4 Å². The van der Waals surface area contributed by atoms with Gasteiger partial charge in [-0.15, -0.1) is 0 Å². The Bertz CT molecular complexity index is 1040. The number of anilines is 1. The second-order valence-corrected chi connectivity index (χ2v) is 9.32. The van der Waals surface area contributed by atoms with Gasteiger partial charge in [0.1, 0.15) is 0 Å². The molecule has 0 atom stereocenters. The van der Waals surface area contributed by atoms with Crippen molar-refractivity contribution in [2.24, 2.45) is 0 Å². The topological polar surface area (TPSA) is 110 Å². The molecule has 2 aromatic carbocycles. The molecule has 160 valence electrons. The van der Waals surface area contributed by atoms with Crippen molar-refractivity contribution in [1.82, 2.24) is 4.31 Å². The number of hydrogen-bond donors (Lipinski definition) is 1. The maximum Gasteiger partial charge on any atom is 0.271 e. The number of carbonyl (C=O) groups is 1. The van der Waals surface area contributed by atoms with Crippen LogP contribution in [0.2, 0.25) is 0 Å². The summed E-state index contributed by atoms with van der Waals surface area (Å²) in [4.78, 5) is 23.2. The Kier molecular flexibility index (Phi) is 6.84. The molecule has 0 aliphatic carbocycles. The molecule has 9 heteroatoms. The molecule has 0 radical (unpaired) electrons. The Labute approximate surface area is 176 Å². The first-order valence-corrected chi connectivity index (χ1v) is 11.4. The fourth-order valence-corrected chi connectivity index (χ4v) is 5.02. The average Bonchev–Trinajstić information content (AvgIpc) is 3.03. The minimum atomic E-state index is -3.64. The summed E-state index contributed by atoms with van der Waals surface area (Å²) in [6.45, 7) is 2.67. The van der Waals surface area contributed by atoms with Crippen LogP contribution in [0.3, 0.4) is 0 Å². The lowest BCUT2D eigenvalue weighted by Gasteiger charge is -2.20. The van der Waals surface area contributed by atoms with Gasteiger partial charge < -0.3 is 5.32 Å². The van der Waals surface area contributed by atoms with Gasteiger partial charge in [0.2, 0.25) is 10.0 Å². The largest absolute Gasteiger partial charge is 0.377 e. The van der Waals surface area contributed by atoms with Crippen molar-refractivity contribution in [2.45, 2.75) is 37.5 Å². The first-order chi connectivity index (χ1) is 14.3. The monoisotopic (exact) mass is 431 g/mol. The van der Waals surface area contributed by atoms with Gasteiger partial charge in [0.25, 0.3) is 5.69 Å². The zero-order valence-corrected chi connectivity index (χ0v) is 17.7. The summed E-state index contributed by atoms with van der Waals surface area (Å²) in [5.74, 6) is -0.297. The number of nitro groups is 1. The third kappa shape index (κ3) is 5.03. The maximum atomic E-state index is 13.0. The molecule has 0 spiro atoms. The van der Waals surface area contributed by atoms with Crippen LogP contribution < -0.4 is 5.32 Å². The Morgan fingerprint density at radius 2 is 1.80 bits per heavy atom. The minimum Gasteiger partial charge on any atom is -0.377 e. The van der Waals surface area contributed by atoms with Crippen molar-refractivity contribution < 1.29 is 18.1 Å². The van der Waals surface area contributed by atoms with E-state index in [0.29, 0.717) is 18.8 Å². The summed E-state index contributed by atoms with van der Waals surface area (Å²) in [5, 5.41) is 13.9. The van der Waals surface area contributed by atoms with Crippen LogP contribution in [0.1, 0.15) is 41.6 Å². The van der Waals surface area contributed by atoms with Gasteiger partial charge in [-0.3, -0.25) is 14.9 Å². The molecule has 30 heavy (non-hydrogen) atoms. The molecule has 0 saturated carbocycles. The fraction of sp³-hybridized carbons (Fsp3) is 0.381. The molecular weight excluding hydrogens is 406 g/mol. The standard InChI is InChI=1S/C21H25N3O5S/c1-16-9-10-18(24(26)27)14-20(16)22-15-21(25)17-7-6-8-19(13-17)30(28,29)23-11-4-2-3-5-12-23/h6-10,13-14,22H,2-5,11-12,15H2,1H3. The van der Waals surface area contributed by atoms with Gasteiger partial charge in [-0.05, 0) is 37.5 Å². The number of hydrogen-bond acceptors (Lipinski definition) is 6. The van der Waals surface area contributed by atoms with Crippen molar-refractivity contribution in [3.63, 3.8) is 0 Å². The zero-order chi connectivity index (χ0) is 21.7. The Morgan fingerprint density at radius 1 is 1.10 bits per heavy atom. The normalized spacial score (nSPS) is 15.4. The van der Waals surface area contributed by atoms with E-state index in [1.54, 1.807) is 25.1 Å². The highest BCUT2D eigenvalue weighted by Gasteiger charge is 2.25. The third-order valence-corrected chi connectivity index (χ3v) is 7.12. The summed E-state index contributed by atoms with van der Waals surface area (Å²) < 4.78 is 27.4. The van der Waals surface area contributed by atoms with E-state index >= 15 is 0 Å². The molecule has 0 aromatic heterocycles. The lowest BCUT2D eigenvalue weighted by molar-refractivity contribution is -0.384. The van der Waals surface area contributed by atoms with Crippen LogP contribution >= 0.6 is 0 Å². The summed E-state index contributed by atoms with van der Waals surface area (Å²) in [6, 6.07) is 10.4. The maximum absolute atomic E-state index is 13.0. The number of benzene rings is 2. The number of carbonyl (C=O) groups excluding carboxylic acids is 1. The van der Waals surface area contributed by atoms with Crippen LogP contribution in [0.15, 0.2) is 47.4 Å². The fourth-order valence-electron chi connectivity index (χ4n) is 3.45. The van der Waals surface area contributed by atoms with Gasteiger partial charge in [-0.2, -0.15) is 4.31 Å². The number of Topliss-reactive ketones (excluding diaryl/α,β-unsaturated/α-hetero) is 1. The van der Waals surface area contributed by atoms with Crippen molar-refractivity contribution in [1.29, 1.82) is 0 Å². The number of nitrogens with one attached hydrogen (secondary N) is 1. The van der Waals surface area contributed by atoms with Crippen molar-refractivity contribution in [2.75, 3.05) is 25.0 Å². The van der Waals surface area contributed by atoms with E-state index in [2.05, 4.69) is 5.32 Å². The lowest BCUT2D eigenvalue weighted by atomic mass is 10.1. The van der Waals surface area contributed by atoms with Crippen molar-refractivity contribution >= 4 is 27.2 Å². The molecule has 1 aliphatic rings. The quantitative estimate of drug-likeness (QED) is 0.406. The van der Waals surface area contributed by atoms with Gasteiger partial charge in [0.15, 0.2) is 5.78 Å². The van der Waals surface area contributed by atoms with Crippen LogP contribution in [-0.2, 0) is 10.0 Å². The van der Waals surface area contributed by atoms with Gasteiger partial charge in [-0.25, -0.2) is 8.42 Å². The lowest BCUT2D eigenvalue weighted by Crippen LogP contribution is -2.32. The van der Waals surface area contributed by atoms with E-state index in [1.165, 1.54) is 28.6 Å². The number of non-ortho nitro benzene ring substituents is 1. The van der Waals surface area contributed by atoms with Crippen molar-refractivity contribution in [3.05, 3.63) is 63.7 Å². The number of rotatable bonds is 7. The minimum absolute atomic E-state index is 0.0684. The average molecular weight is 432 g/mol. The van der Waals surface area contributed by atoms with E-state index in [4.69, 9.17) is 0 Å². The summed E-state index contributed by atoms with van der Waals surface area (Å²) >= 11 is 0. The highest BCUT2D eigenvalue weighted by molar-refractivity contribution is 7.89. The van der Waals surface area contributed by atoms with Gasteiger partial charge in [-0.1, -0.05) is 31.0 Å². The van der Waals surface area contributed by atoms with Crippen LogP contribution in [0.25, 0.3) is 0 Å². The first-order valence-electron chi connectivity index (χ1n) is 9.91. The second kappa shape index (κ2) is 9.36. The summed E-state index contributed by atoms with van der Waals surface area (Å²) in [5.41, 5.74) is 1.47. The van der Waals surface area contributed by atoms with E-state index < -0.39 is 14.9 Å². The van der Waals surface area contributed by atoms with Crippen LogP contribution in [-0.4, -0.2) is 43.1 Å². The molecule has 3 rings (SSSR count). The molecule has 8 nitrogen and oxygen atoms in total. The smallest absolute Gasteiger partial charge is 0.271 e. The molecule has 0 bridgehead atoms. The van der Waals surface area contributed by atoms with Crippen LogP contribution in [0, 0.1) is 17.0 Å². The van der Waals surface area contributed by atoms with E-state index in [1.807, 2.05) is 0 Å². The van der Waals surface area contributed by atoms with E-state index in [0.717, 1.165) is 31.2 Å². The van der Waals surface area contributed by atoms with Gasteiger partial charge >= 0.3 is 0 Å². The van der Waals surface area contributed by atoms with Crippen LogP contribution in [0.5, 0.6) is 0 Å². The zero-order valence-electron chi connectivity index (χ0n) is 16.8. The molecule has 1 saturated heterocycles. The molecule has 1 fully saturated rings. The van der Waals surface area contributed by atoms with Crippen LogP contribution in [0.4, 0.5) is 11.4 Å². The van der Waals surface area contributed by atoms with Crippen molar-refractivity contribution in [3.8, 4) is 0 Å². The summed E-state index contributed by atoms with van der Waals surface area (Å²) in [7, 11) is -3.64. The number of ketones is 1. The highest BCUT2D eigenvalue weighted by atomic mass is 32.2. The Balaban J connectivity index is 1.75. The summed E-state index contributed by atoms with van der Waals surface area (Å²) in [6.07, 6.45) is 3.72. The molecule has 2 aromatic rings. The van der Waals surface area contributed by atoms with Gasteiger partial charge in [0, 0.05) is 36.5 Å². The Hall–Kier alpha value is -2.78. The molecule has 0 unspecified atom stereocenters. The number of nitro benzene ring substituents is 1. The number of sulfonamides is 1. The second-order valence-electron chi connectivity index (χ2n) is 7.38. The third-order valence-electron chi connectivity index (χ3n) is 5.23. The number of nitrogens with zero attached hydrogens (tertiary/aromatic N) is 2. The SMILES string of the molecule is Cc1ccc([N+](=O)[O-])cc1NCC(=O)c1cccc(S(=O)(=O)N2CCCCCC2)c1. The predicted octanol–water partition coefficient (Wildman–Crippen LogP) is 3.76. The predicted molar refractivity (Wildman–Crippen MR) is 114 cm³/mol. The molecule has 1 aliphatic heterocycles. The molecular formula is C21H25N3O5S.